The first-order chi connectivity index (χ1) is 27.1. The van der Waals surface area contributed by atoms with Crippen LogP contribution in [0.5, 0.6) is 0 Å². The largest absolute Gasteiger partial charge is 0.396 e. The summed E-state index contributed by atoms with van der Waals surface area (Å²) in [5.74, 6) is 0. The van der Waals surface area contributed by atoms with Crippen molar-refractivity contribution in [3.8, 4) is 22.3 Å². The van der Waals surface area contributed by atoms with Crippen molar-refractivity contribution in [3.05, 3.63) is 102 Å². The molecule has 0 saturated heterocycles. The van der Waals surface area contributed by atoms with Crippen LogP contribution in [0.1, 0.15) is 75.5 Å². The van der Waals surface area contributed by atoms with Crippen molar-refractivity contribution in [2.75, 3.05) is 41.5 Å². The fourth-order valence-electron chi connectivity index (χ4n) is 9.37. The topological polar surface area (TPSA) is 70.3 Å². The standard InChI is InChI=1S/C48H52N6S/c1-3-5-11-24-53-27-23-31-19-20-34(29-35(31)30-53)42-46(52-55)43(49)41(33-21-22-40-32(28-33)14-13-26-54(40)25-12-6-4-2)47-48(42)51-45-39-18-10-8-16-37(39)36-15-7-9-17-38(36)44(45)50-47/h7-10,15-22,28-29,52,55H,3-6,11-14,23-27,30,49H2,1-2H3. The molecular weight excluding hydrogens is 693 g/mol. The fourth-order valence-corrected chi connectivity index (χ4v) is 9.60. The Bertz CT molecular complexity index is 2560. The third kappa shape index (κ3) is 6.45. The van der Waals surface area contributed by atoms with Gasteiger partial charge in [-0.05, 0) is 95.4 Å². The molecule has 280 valence electrons. The average Bonchev–Trinajstić information content (AvgIpc) is 3.22. The van der Waals surface area contributed by atoms with Crippen LogP contribution in [0.15, 0.2) is 84.9 Å². The first kappa shape index (κ1) is 35.8. The molecule has 0 atom stereocenters. The molecule has 0 bridgehead atoms. The number of nitrogens with zero attached hydrogens (tertiary/aromatic N) is 4. The summed E-state index contributed by atoms with van der Waals surface area (Å²) in [6.07, 6.45) is 10.7. The molecule has 0 radical (unpaired) electrons. The van der Waals surface area contributed by atoms with Crippen molar-refractivity contribution in [1.29, 1.82) is 0 Å². The highest BCUT2D eigenvalue weighted by molar-refractivity contribution is 7.81. The van der Waals surface area contributed by atoms with Gasteiger partial charge in [-0.15, -0.1) is 0 Å². The molecule has 3 N–H and O–H groups in total. The lowest BCUT2D eigenvalue weighted by Crippen LogP contribution is -2.31. The minimum absolute atomic E-state index is 0.644. The number of hydrogen-bond acceptors (Lipinski definition) is 7. The third-order valence-corrected chi connectivity index (χ3v) is 12.4. The van der Waals surface area contributed by atoms with E-state index in [0.717, 1.165) is 113 Å². The Balaban J connectivity index is 1.30. The summed E-state index contributed by atoms with van der Waals surface area (Å²) in [5.41, 5.74) is 21.8. The Kier molecular flexibility index (Phi) is 10.0. The molecule has 55 heavy (non-hydrogen) atoms. The lowest BCUT2D eigenvalue weighted by atomic mass is 9.89. The number of nitrogens with one attached hydrogen (secondary N) is 1. The van der Waals surface area contributed by atoms with Crippen LogP contribution in [-0.2, 0) is 19.4 Å². The van der Waals surface area contributed by atoms with E-state index in [-0.39, 0.29) is 0 Å². The summed E-state index contributed by atoms with van der Waals surface area (Å²) in [5, 5.41) is 4.55. The first-order valence-electron chi connectivity index (χ1n) is 20.6. The highest BCUT2D eigenvalue weighted by Gasteiger charge is 2.27. The summed E-state index contributed by atoms with van der Waals surface area (Å²) < 4.78 is 3.28. The molecule has 7 aromatic rings. The predicted molar refractivity (Wildman–Crippen MR) is 239 cm³/mol. The van der Waals surface area contributed by atoms with Gasteiger partial charge >= 0.3 is 0 Å². The van der Waals surface area contributed by atoms with Crippen LogP contribution in [0.2, 0.25) is 0 Å². The van der Waals surface area contributed by atoms with Gasteiger partial charge in [-0.1, -0.05) is 119 Å². The molecular formula is C48H52N6S. The molecule has 2 aliphatic heterocycles. The van der Waals surface area contributed by atoms with Crippen molar-refractivity contribution < 1.29 is 0 Å². The third-order valence-electron chi connectivity index (χ3n) is 12.2. The smallest absolute Gasteiger partial charge is 0.100 e. The second kappa shape index (κ2) is 15.4. The van der Waals surface area contributed by atoms with Gasteiger partial charge in [-0.2, -0.15) is 0 Å². The minimum Gasteiger partial charge on any atom is -0.396 e. The molecule has 9 rings (SSSR count). The van der Waals surface area contributed by atoms with E-state index in [2.05, 4.69) is 113 Å². The maximum absolute atomic E-state index is 7.39. The zero-order valence-corrected chi connectivity index (χ0v) is 33.2. The van der Waals surface area contributed by atoms with E-state index in [9.17, 15) is 0 Å². The number of aryl methyl sites for hydroxylation is 1. The lowest BCUT2D eigenvalue weighted by Gasteiger charge is -2.32. The normalized spacial score (nSPS) is 14.6. The summed E-state index contributed by atoms with van der Waals surface area (Å²) in [6, 6.07) is 31.1. The molecule has 0 unspecified atom stereocenters. The fraction of sp³-hybridized carbons (Fsp3) is 0.333. The molecule has 6 aromatic carbocycles. The molecule has 0 amide bonds. The van der Waals surface area contributed by atoms with Gasteiger partial charge in [-0.25, -0.2) is 9.97 Å². The van der Waals surface area contributed by atoms with Crippen LogP contribution in [0.4, 0.5) is 17.1 Å². The van der Waals surface area contributed by atoms with Gasteiger partial charge < -0.3 is 15.4 Å². The summed E-state index contributed by atoms with van der Waals surface area (Å²) in [7, 11) is 0. The molecule has 7 heteroatoms. The average molecular weight is 745 g/mol. The monoisotopic (exact) mass is 744 g/mol. The van der Waals surface area contributed by atoms with Crippen LogP contribution in [-0.4, -0.2) is 41.0 Å². The van der Waals surface area contributed by atoms with Crippen molar-refractivity contribution in [2.24, 2.45) is 0 Å². The quantitative estimate of drug-likeness (QED) is 0.0403. The van der Waals surface area contributed by atoms with E-state index in [1.807, 2.05) is 0 Å². The van der Waals surface area contributed by atoms with E-state index in [4.69, 9.17) is 28.5 Å². The molecule has 1 aromatic heterocycles. The summed E-state index contributed by atoms with van der Waals surface area (Å²) in [4.78, 5) is 16.5. The van der Waals surface area contributed by atoms with E-state index >= 15 is 0 Å². The molecule has 2 aliphatic rings. The Morgan fingerprint density at radius 1 is 0.636 bits per heavy atom. The second-order valence-electron chi connectivity index (χ2n) is 15.7. The van der Waals surface area contributed by atoms with E-state index < -0.39 is 0 Å². The van der Waals surface area contributed by atoms with Gasteiger partial charge in [0, 0.05) is 53.8 Å². The summed E-state index contributed by atoms with van der Waals surface area (Å²) in [6.45, 7) is 9.97. The first-order valence-corrected chi connectivity index (χ1v) is 21.0. The minimum atomic E-state index is 0.644. The van der Waals surface area contributed by atoms with E-state index in [1.165, 1.54) is 71.7 Å². The molecule has 6 nitrogen and oxygen atoms in total. The van der Waals surface area contributed by atoms with Gasteiger partial charge in [0.25, 0.3) is 0 Å². The lowest BCUT2D eigenvalue weighted by molar-refractivity contribution is 0.249. The number of unbranched alkanes of at least 4 members (excludes halogenated alkanes) is 4. The molecule has 0 saturated carbocycles. The molecule has 0 fully saturated rings. The Morgan fingerprint density at radius 3 is 1.95 bits per heavy atom. The van der Waals surface area contributed by atoms with Crippen molar-refractivity contribution in [3.63, 3.8) is 0 Å². The van der Waals surface area contributed by atoms with Crippen molar-refractivity contribution >= 4 is 73.5 Å². The highest BCUT2D eigenvalue weighted by Crippen LogP contribution is 2.48. The number of benzene rings is 6. The van der Waals surface area contributed by atoms with Crippen LogP contribution < -0.4 is 15.4 Å². The number of aromatic nitrogens is 2. The highest BCUT2D eigenvalue weighted by atomic mass is 32.1. The van der Waals surface area contributed by atoms with Gasteiger partial charge in [0.15, 0.2) is 0 Å². The number of thiol groups is 1. The van der Waals surface area contributed by atoms with Crippen molar-refractivity contribution in [2.45, 2.75) is 78.2 Å². The van der Waals surface area contributed by atoms with Gasteiger partial charge in [0.1, 0.15) is 11.0 Å². The van der Waals surface area contributed by atoms with Crippen LogP contribution in [0.3, 0.4) is 0 Å². The zero-order chi connectivity index (χ0) is 37.5. The Labute approximate surface area is 330 Å². The number of rotatable bonds is 11. The van der Waals surface area contributed by atoms with E-state index in [0.29, 0.717) is 5.69 Å². The Morgan fingerprint density at radius 2 is 1.25 bits per heavy atom. The van der Waals surface area contributed by atoms with Crippen LogP contribution in [0.25, 0.3) is 65.9 Å². The molecule has 0 aliphatic carbocycles. The molecule has 0 spiro atoms. The van der Waals surface area contributed by atoms with Crippen LogP contribution >= 0.6 is 12.8 Å². The number of anilines is 3. The number of nitrogen functional groups attached to an aromatic ring is 1. The molecule has 3 heterocycles. The van der Waals surface area contributed by atoms with Gasteiger partial charge in [0.05, 0.1) is 22.4 Å². The number of fused-ring (bicyclic) bond motifs is 9. The van der Waals surface area contributed by atoms with Crippen molar-refractivity contribution in [1.82, 2.24) is 14.9 Å². The van der Waals surface area contributed by atoms with Gasteiger partial charge in [-0.3, -0.25) is 4.90 Å². The van der Waals surface area contributed by atoms with Gasteiger partial charge in [0.2, 0.25) is 0 Å². The number of hydrogen-bond donors (Lipinski definition) is 3. The maximum atomic E-state index is 7.39. The van der Waals surface area contributed by atoms with E-state index in [1.54, 1.807) is 0 Å². The Hall–Kier alpha value is -4.85. The van der Waals surface area contributed by atoms with Crippen LogP contribution in [0, 0.1) is 0 Å². The number of nitrogens with two attached hydrogens (primary N) is 1. The SMILES string of the molecule is CCCCCN1CCc2ccc(-c3c(NS)c(N)c(-c4ccc5c(c4)CCCN5CCCCC)c4nc5c6ccccc6c6ccccc6c5nc34)cc2C1. The zero-order valence-electron chi connectivity index (χ0n) is 32.3. The predicted octanol–water partition coefficient (Wildman–Crippen LogP) is 11.8. The summed E-state index contributed by atoms with van der Waals surface area (Å²) >= 11 is 4.76. The maximum Gasteiger partial charge on any atom is 0.100 e. The second-order valence-corrected chi connectivity index (χ2v) is 15.9.